The Bertz CT molecular complexity index is 635. The molecule has 3 nitrogen and oxygen atoms in total. The van der Waals surface area contributed by atoms with Gasteiger partial charge in [-0.15, -0.1) is 5.10 Å². The van der Waals surface area contributed by atoms with Gasteiger partial charge in [0.15, 0.2) is 0 Å². The van der Waals surface area contributed by atoms with Gasteiger partial charge in [-0.3, -0.25) is 0 Å². The average molecular weight is 209 g/mol. The SMILES string of the molecule is Cc1cnnn1-c1cccc2ccccc12. The topological polar surface area (TPSA) is 30.7 Å². The Morgan fingerprint density at radius 3 is 2.62 bits per heavy atom. The first-order chi connectivity index (χ1) is 7.86. The molecule has 0 unspecified atom stereocenters. The molecule has 1 aromatic heterocycles. The zero-order valence-electron chi connectivity index (χ0n) is 8.96. The third-order valence-electron chi connectivity index (χ3n) is 2.71. The Kier molecular flexibility index (Phi) is 1.96. The molecule has 3 aromatic rings. The highest BCUT2D eigenvalue weighted by Gasteiger charge is 2.05. The lowest BCUT2D eigenvalue weighted by atomic mass is 10.1. The first kappa shape index (κ1) is 9.09. The molecule has 0 amide bonds. The molecule has 0 saturated heterocycles. The third kappa shape index (κ3) is 1.29. The Balaban J connectivity index is 2.36. The number of benzene rings is 2. The number of aromatic nitrogens is 3. The second-order valence-electron chi connectivity index (χ2n) is 3.79. The summed E-state index contributed by atoms with van der Waals surface area (Å²) in [4.78, 5) is 0. The van der Waals surface area contributed by atoms with Crippen molar-refractivity contribution in [1.82, 2.24) is 15.0 Å². The largest absolute Gasteiger partial charge is 0.217 e. The van der Waals surface area contributed by atoms with Gasteiger partial charge in [0.05, 0.1) is 17.6 Å². The summed E-state index contributed by atoms with van der Waals surface area (Å²) in [5.74, 6) is 0. The fourth-order valence-corrected chi connectivity index (χ4v) is 1.92. The van der Waals surface area contributed by atoms with Gasteiger partial charge in [-0.2, -0.15) is 0 Å². The van der Waals surface area contributed by atoms with E-state index in [1.54, 1.807) is 6.20 Å². The van der Waals surface area contributed by atoms with E-state index in [1.165, 1.54) is 10.8 Å². The summed E-state index contributed by atoms with van der Waals surface area (Å²) in [5.41, 5.74) is 2.12. The summed E-state index contributed by atoms with van der Waals surface area (Å²) >= 11 is 0. The summed E-state index contributed by atoms with van der Waals surface area (Å²) in [6, 6.07) is 14.5. The molecule has 3 rings (SSSR count). The van der Waals surface area contributed by atoms with Crippen molar-refractivity contribution in [2.24, 2.45) is 0 Å². The van der Waals surface area contributed by atoms with Crippen LogP contribution in [-0.2, 0) is 0 Å². The van der Waals surface area contributed by atoms with Gasteiger partial charge in [0.25, 0.3) is 0 Å². The van der Waals surface area contributed by atoms with Crippen LogP contribution in [0.5, 0.6) is 0 Å². The van der Waals surface area contributed by atoms with Crippen molar-refractivity contribution in [2.75, 3.05) is 0 Å². The molecule has 0 spiro atoms. The van der Waals surface area contributed by atoms with E-state index in [9.17, 15) is 0 Å². The maximum atomic E-state index is 4.10. The zero-order chi connectivity index (χ0) is 11.0. The molecule has 78 valence electrons. The quantitative estimate of drug-likeness (QED) is 0.617. The van der Waals surface area contributed by atoms with Crippen molar-refractivity contribution < 1.29 is 0 Å². The van der Waals surface area contributed by atoms with E-state index in [2.05, 4.69) is 34.6 Å². The summed E-state index contributed by atoms with van der Waals surface area (Å²) in [6.45, 7) is 2.00. The van der Waals surface area contributed by atoms with E-state index in [0.29, 0.717) is 0 Å². The van der Waals surface area contributed by atoms with Crippen LogP contribution in [0.4, 0.5) is 0 Å². The standard InChI is InChI=1S/C13H11N3/c1-10-9-14-15-16(10)13-8-4-6-11-5-2-3-7-12(11)13/h2-9H,1H3. The molecular weight excluding hydrogens is 198 g/mol. The minimum Gasteiger partial charge on any atom is -0.217 e. The lowest BCUT2D eigenvalue weighted by Crippen LogP contribution is -1.99. The lowest BCUT2D eigenvalue weighted by Gasteiger charge is -2.06. The number of nitrogens with zero attached hydrogens (tertiary/aromatic N) is 3. The number of rotatable bonds is 1. The molecule has 0 radical (unpaired) electrons. The molecule has 0 atom stereocenters. The number of hydrogen-bond acceptors (Lipinski definition) is 2. The van der Waals surface area contributed by atoms with Crippen LogP contribution in [0.2, 0.25) is 0 Å². The fraction of sp³-hybridized carbons (Fsp3) is 0.0769. The number of fused-ring (bicyclic) bond motifs is 1. The molecule has 0 bridgehead atoms. The fourth-order valence-electron chi connectivity index (χ4n) is 1.92. The van der Waals surface area contributed by atoms with Gasteiger partial charge in [-0.1, -0.05) is 41.6 Å². The van der Waals surface area contributed by atoms with Crippen LogP contribution in [0.3, 0.4) is 0 Å². The first-order valence-corrected chi connectivity index (χ1v) is 5.22. The highest BCUT2D eigenvalue weighted by Crippen LogP contribution is 2.21. The van der Waals surface area contributed by atoms with E-state index in [4.69, 9.17) is 0 Å². The molecule has 1 heterocycles. The summed E-state index contributed by atoms with van der Waals surface area (Å²) < 4.78 is 1.86. The Labute approximate surface area is 93.3 Å². The molecule has 0 aliphatic heterocycles. The van der Waals surface area contributed by atoms with Gasteiger partial charge in [-0.05, 0) is 18.4 Å². The maximum Gasteiger partial charge on any atom is 0.0744 e. The van der Waals surface area contributed by atoms with Crippen LogP contribution < -0.4 is 0 Å². The minimum atomic E-state index is 1.04. The average Bonchev–Trinajstić information content (AvgIpc) is 2.75. The van der Waals surface area contributed by atoms with Crippen molar-refractivity contribution in [1.29, 1.82) is 0 Å². The van der Waals surface area contributed by atoms with E-state index < -0.39 is 0 Å². The Morgan fingerprint density at radius 2 is 1.81 bits per heavy atom. The van der Waals surface area contributed by atoms with E-state index in [1.807, 2.05) is 29.8 Å². The van der Waals surface area contributed by atoms with Crippen LogP contribution in [0, 0.1) is 6.92 Å². The highest BCUT2D eigenvalue weighted by atomic mass is 15.4. The molecule has 2 aromatic carbocycles. The van der Waals surface area contributed by atoms with E-state index in [0.717, 1.165) is 11.4 Å². The monoisotopic (exact) mass is 209 g/mol. The van der Waals surface area contributed by atoms with Crippen LogP contribution >= 0.6 is 0 Å². The van der Waals surface area contributed by atoms with E-state index in [-0.39, 0.29) is 0 Å². The van der Waals surface area contributed by atoms with Crippen molar-refractivity contribution in [3.8, 4) is 5.69 Å². The normalized spacial score (nSPS) is 10.8. The van der Waals surface area contributed by atoms with Gasteiger partial charge in [0, 0.05) is 5.39 Å². The summed E-state index contributed by atoms with van der Waals surface area (Å²) in [7, 11) is 0. The van der Waals surface area contributed by atoms with Crippen LogP contribution in [0.1, 0.15) is 5.69 Å². The lowest BCUT2D eigenvalue weighted by molar-refractivity contribution is 0.790. The summed E-state index contributed by atoms with van der Waals surface area (Å²) in [6.07, 6.45) is 1.77. The van der Waals surface area contributed by atoms with Crippen LogP contribution in [0.15, 0.2) is 48.7 Å². The molecule has 0 fully saturated rings. The molecular formula is C13H11N3. The maximum absolute atomic E-state index is 4.10. The molecule has 0 N–H and O–H groups in total. The van der Waals surface area contributed by atoms with Crippen molar-refractivity contribution in [3.63, 3.8) is 0 Å². The van der Waals surface area contributed by atoms with Gasteiger partial charge in [0.1, 0.15) is 0 Å². The molecule has 16 heavy (non-hydrogen) atoms. The van der Waals surface area contributed by atoms with Crippen molar-refractivity contribution in [3.05, 3.63) is 54.4 Å². The molecule has 0 aliphatic carbocycles. The zero-order valence-corrected chi connectivity index (χ0v) is 8.96. The smallest absolute Gasteiger partial charge is 0.0744 e. The Hall–Kier alpha value is -2.16. The van der Waals surface area contributed by atoms with Crippen LogP contribution in [-0.4, -0.2) is 15.0 Å². The molecule has 3 heteroatoms. The molecule has 0 aliphatic rings. The van der Waals surface area contributed by atoms with Gasteiger partial charge < -0.3 is 0 Å². The number of aryl methyl sites for hydroxylation is 1. The van der Waals surface area contributed by atoms with Gasteiger partial charge in [0.2, 0.25) is 0 Å². The van der Waals surface area contributed by atoms with Gasteiger partial charge >= 0.3 is 0 Å². The minimum absolute atomic E-state index is 1.04. The van der Waals surface area contributed by atoms with Gasteiger partial charge in [-0.25, -0.2) is 4.68 Å². The first-order valence-electron chi connectivity index (χ1n) is 5.22. The number of hydrogen-bond donors (Lipinski definition) is 0. The predicted molar refractivity (Wildman–Crippen MR) is 63.6 cm³/mol. The molecule has 0 saturated carbocycles. The van der Waals surface area contributed by atoms with Crippen LogP contribution in [0.25, 0.3) is 16.5 Å². The Morgan fingerprint density at radius 1 is 1.00 bits per heavy atom. The third-order valence-corrected chi connectivity index (χ3v) is 2.71. The highest BCUT2D eigenvalue weighted by molar-refractivity contribution is 5.90. The second-order valence-corrected chi connectivity index (χ2v) is 3.79. The second kappa shape index (κ2) is 3.45. The van der Waals surface area contributed by atoms with E-state index >= 15 is 0 Å². The van der Waals surface area contributed by atoms with Crippen molar-refractivity contribution >= 4 is 10.8 Å². The predicted octanol–water partition coefficient (Wildman–Crippen LogP) is 2.73. The van der Waals surface area contributed by atoms with Crippen molar-refractivity contribution in [2.45, 2.75) is 6.92 Å². The summed E-state index contributed by atoms with van der Waals surface area (Å²) in [5, 5.41) is 10.4.